The van der Waals surface area contributed by atoms with Crippen LogP contribution >= 0.6 is 0 Å². The van der Waals surface area contributed by atoms with Crippen LogP contribution in [0.25, 0.3) is 0 Å². The molecule has 0 spiro atoms. The number of nitrogens with one attached hydrogen (secondary N) is 1. The van der Waals surface area contributed by atoms with Crippen LogP contribution < -0.4 is 10.2 Å². The van der Waals surface area contributed by atoms with Crippen LogP contribution in [0.2, 0.25) is 0 Å². The molecule has 2 aliphatic heterocycles. The van der Waals surface area contributed by atoms with E-state index in [9.17, 15) is 4.79 Å². The summed E-state index contributed by atoms with van der Waals surface area (Å²) in [7, 11) is 0. The molecule has 2 aliphatic rings. The van der Waals surface area contributed by atoms with E-state index in [0.29, 0.717) is 0 Å². The van der Waals surface area contributed by atoms with Crippen molar-refractivity contribution in [2.24, 2.45) is 0 Å². The van der Waals surface area contributed by atoms with Crippen molar-refractivity contribution in [3.63, 3.8) is 0 Å². The van der Waals surface area contributed by atoms with Crippen molar-refractivity contribution >= 4 is 11.7 Å². The molecule has 0 bridgehead atoms. The Morgan fingerprint density at radius 3 is 2.50 bits per heavy atom. The first kappa shape index (κ1) is 17.0. The molecule has 7 heteroatoms. The van der Waals surface area contributed by atoms with Gasteiger partial charge >= 0.3 is 6.03 Å². The van der Waals surface area contributed by atoms with Gasteiger partial charge in [0.15, 0.2) is 0 Å². The molecule has 0 atom stereocenters. The van der Waals surface area contributed by atoms with Crippen molar-refractivity contribution < 1.29 is 9.53 Å². The number of piperazine rings is 1. The van der Waals surface area contributed by atoms with Gasteiger partial charge in [0, 0.05) is 63.9 Å². The van der Waals surface area contributed by atoms with Gasteiger partial charge in [-0.1, -0.05) is 0 Å². The first-order chi connectivity index (χ1) is 11.8. The van der Waals surface area contributed by atoms with Crippen LogP contribution in [-0.2, 0) is 4.74 Å². The Labute approximate surface area is 143 Å². The number of pyridine rings is 1. The first-order valence-corrected chi connectivity index (χ1v) is 8.81. The molecule has 0 saturated carbocycles. The Morgan fingerprint density at radius 2 is 1.79 bits per heavy atom. The molecular formula is C17H27N5O2. The Morgan fingerprint density at radius 1 is 1.08 bits per heavy atom. The fraction of sp³-hybridized carbons (Fsp3) is 0.647. The summed E-state index contributed by atoms with van der Waals surface area (Å²) in [5, 5.41) is 3.05. The number of aromatic nitrogens is 1. The van der Waals surface area contributed by atoms with E-state index in [1.165, 1.54) is 5.69 Å². The van der Waals surface area contributed by atoms with E-state index in [1.807, 2.05) is 29.4 Å². The zero-order valence-corrected chi connectivity index (χ0v) is 14.2. The van der Waals surface area contributed by atoms with Crippen molar-refractivity contribution in [1.82, 2.24) is 20.1 Å². The zero-order valence-electron chi connectivity index (χ0n) is 14.2. The number of morpholine rings is 1. The maximum Gasteiger partial charge on any atom is 0.317 e. The number of hydrogen-bond donors (Lipinski definition) is 1. The van der Waals surface area contributed by atoms with E-state index in [0.717, 1.165) is 72.0 Å². The van der Waals surface area contributed by atoms with E-state index in [2.05, 4.69) is 20.1 Å². The maximum absolute atomic E-state index is 12.2. The number of carbonyl (C=O) groups is 1. The van der Waals surface area contributed by atoms with Crippen molar-refractivity contribution in [1.29, 1.82) is 0 Å². The third-order valence-corrected chi connectivity index (χ3v) is 4.63. The van der Waals surface area contributed by atoms with Crippen molar-refractivity contribution in [2.75, 3.05) is 70.5 Å². The summed E-state index contributed by atoms with van der Waals surface area (Å²) in [6.07, 6.45) is 4.61. The second-order valence-corrected chi connectivity index (χ2v) is 6.22. The monoisotopic (exact) mass is 333 g/mol. The van der Waals surface area contributed by atoms with Gasteiger partial charge in [0.2, 0.25) is 0 Å². The molecule has 2 saturated heterocycles. The highest BCUT2D eigenvalue weighted by molar-refractivity contribution is 5.74. The molecule has 1 aromatic heterocycles. The summed E-state index contributed by atoms with van der Waals surface area (Å²) in [5.74, 6) is 0. The SMILES string of the molecule is O=C(NCCCN1CCOCC1)N1CCN(c2ccncc2)CC1. The standard InChI is InChI=1S/C17H27N5O2/c23-17(19-4-1-7-20-12-14-24-15-13-20)22-10-8-21(9-11-22)16-2-5-18-6-3-16/h2-3,5-6H,1,4,7-15H2,(H,19,23). The highest BCUT2D eigenvalue weighted by Crippen LogP contribution is 2.14. The Hall–Kier alpha value is -1.86. The number of anilines is 1. The van der Waals surface area contributed by atoms with Crippen LogP contribution in [0.4, 0.5) is 10.5 Å². The second kappa shape index (κ2) is 8.84. The van der Waals surface area contributed by atoms with Gasteiger partial charge in [-0.05, 0) is 25.1 Å². The molecule has 0 unspecified atom stereocenters. The van der Waals surface area contributed by atoms with Crippen LogP contribution in [0.1, 0.15) is 6.42 Å². The fourth-order valence-corrected chi connectivity index (χ4v) is 3.16. The molecule has 1 N–H and O–H groups in total. The summed E-state index contributed by atoms with van der Waals surface area (Å²) >= 11 is 0. The number of hydrogen-bond acceptors (Lipinski definition) is 5. The van der Waals surface area contributed by atoms with Crippen molar-refractivity contribution in [3.8, 4) is 0 Å². The third kappa shape index (κ3) is 4.82. The number of ether oxygens (including phenoxy) is 1. The lowest BCUT2D eigenvalue weighted by molar-refractivity contribution is 0.0375. The van der Waals surface area contributed by atoms with Crippen LogP contribution in [0.5, 0.6) is 0 Å². The average Bonchev–Trinajstić information content (AvgIpc) is 2.67. The lowest BCUT2D eigenvalue weighted by Gasteiger charge is -2.36. The molecule has 1 aromatic rings. The summed E-state index contributed by atoms with van der Waals surface area (Å²) in [6.45, 7) is 8.68. The summed E-state index contributed by atoms with van der Waals surface area (Å²) in [4.78, 5) is 22.9. The predicted octanol–water partition coefficient (Wildman–Crippen LogP) is 0.636. The number of amides is 2. The first-order valence-electron chi connectivity index (χ1n) is 8.81. The molecule has 0 radical (unpaired) electrons. The molecule has 132 valence electrons. The smallest absolute Gasteiger partial charge is 0.317 e. The highest BCUT2D eigenvalue weighted by atomic mass is 16.5. The molecule has 0 aromatic carbocycles. The van der Waals surface area contributed by atoms with Gasteiger partial charge in [0.25, 0.3) is 0 Å². The summed E-state index contributed by atoms with van der Waals surface area (Å²) < 4.78 is 5.34. The Bertz CT molecular complexity index is 499. The molecule has 0 aliphatic carbocycles. The molecule has 3 heterocycles. The van der Waals surface area contributed by atoms with E-state index in [4.69, 9.17) is 4.74 Å². The van der Waals surface area contributed by atoms with Gasteiger partial charge in [-0.25, -0.2) is 4.79 Å². The van der Waals surface area contributed by atoms with Gasteiger partial charge in [0.05, 0.1) is 13.2 Å². The predicted molar refractivity (Wildman–Crippen MR) is 93.3 cm³/mol. The summed E-state index contributed by atoms with van der Waals surface area (Å²) in [5.41, 5.74) is 1.18. The van der Waals surface area contributed by atoms with Gasteiger partial charge < -0.3 is 19.9 Å². The zero-order chi connectivity index (χ0) is 16.6. The average molecular weight is 333 g/mol. The molecule has 7 nitrogen and oxygen atoms in total. The number of urea groups is 1. The molecule has 24 heavy (non-hydrogen) atoms. The molecule has 3 rings (SSSR count). The van der Waals surface area contributed by atoms with E-state index in [1.54, 1.807) is 0 Å². The highest BCUT2D eigenvalue weighted by Gasteiger charge is 2.21. The van der Waals surface area contributed by atoms with Gasteiger partial charge in [-0.2, -0.15) is 0 Å². The Balaban J connectivity index is 1.32. The summed E-state index contributed by atoms with van der Waals surface area (Å²) in [6, 6.07) is 4.09. The number of carbonyl (C=O) groups excluding carboxylic acids is 1. The lowest BCUT2D eigenvalue weighted by atomic mass is 10.3. The third-order valence-electron chi connectivity index (χ3n) is 4.63. The molecule has 2 amide bonds. The van der Waals surface area contributed by atoms with Crippen molar-refractivity contribution in [2.45, 2.75) is 6.42 Å². The van der Waals surface area contributed by atoms with Gasteiger partial charge in [-0.3, -0.25) is 9.88 Å². The van der Waals surface area contributed by atoms with E-state index in [-0.39, 0.29) is 6.03 Å². The second-order valence-electron chi connectivity index (χ2n) is 6.22. The van der Waals surface area contributed by atoms with Gasteiger partial charge in [0.1, 0.15) is 0 Å². The normalized spacial score (nSPS) is 19.3. The minimum atomic E-state index is 0.0614. The van der Waals surface area contributed by atoms with Crippen LogP contribution in [-0.4, -0.2) is 86.4 Å². The van der Waals surface area contributed by atoms with Crippen molar-refractivity contribution in [3.05, 3.63) is 24.5 Å². The maximum atomic E-state index is 12.2. The van der Waals surface area contributed by atoms with E-state index >= 15 is 0 Å². The fourth-order valence-electron chi connectivity index (χ4n) is 3.16. The lowest BCUT2D eigenvalue weighted by Crippen LogP contribution is -2.52. The molecular weight excluding hydrogens is 306 g/mol. The minimum Gasteiger partial charge on any atom is -0.379 e. The minimum absolute atomic E-state index is 0.0614. The number of nitrogens with zero attached hydrogens (tertiary/aromatic N) is 4. The van der Waals surface area contributed by atoms with E-state index < -0.39 is 0 Å². The van der Waals surface area contributed by atoms with Crippen LogP contribution in [0.15, 0.2) is 24.5 Å². The quantitative estimate of drug-likeness (QED) is 0.801. The largest absolute Gasteiger partial charge is 0.379 e. The van der Waals surface area contributed by atoms with Crippen LogP contribution in [0, 0.1) is 0 Å². The molecule has 2 fully saturated rings. The topological polar surface area (TPSA) is 60.9 Å². The van der Waals surface area contributed by atoms with Gasteiger partial charge in [-0.15, -0.1) is 0 Å². The Kier molecular flexibility index (Phi) is 6.26. The number of rotatable bonds is 5. The van der Waals surface area contributed by atoms with Crippen LogP contribution in [0.3, 0.4) is 0 Å².